The van der Waals surface area contributed by atoms with Crippen molar-refractivity contribution >= 4 is 5.91 Å². The van der Waals surface area contributed by atoms with Gasteiger partial charge in [-0.15, -0.1) is 0 Å². The average molecular weight is 236 g/mol. The van der Waals surface area contributed by atoms with Gasteiger partial charge in [-0.05, 0) is 45.9 Å². The minimum atomic E-state index is -0.133. The lowest BCUT2D eigenvalue weighted by Gasteiger charge is -2.24. The summed E-state index contributed by atoms with van der Waals surface area (Å²) in [5, 5.41) is 3.00. The van der Waals surface area contributed by atoms with E-state index in [-0.39, 0.29) is 11.9 Å². The van der Waals surface area contributed by atoms with Gasteiger partial charge in [0.2, 0.25) is 5.91 Å². The Morgan fingerprint density at radius 3 is 2.76 bits per heavy atom. The van der Waals surface area contributed by atoms with E-state index in [1.807, 2.05) is 37.9 Å². The van der Waals surface area contributed by atoms with E-state index in [2.05, 4.69) is 5.32 Å². The molecule has 1 saturated carbocycles. The van der Waals surface area contributed by atoms with E-state index in [0.717, 1.165) is 24.4 Å². The fourth-order valence-electron chi connectivity index (χ4n) is 1.88. The largest absolute Gasteiger partial charge is 0.464 e. The van der Waals surface area contributed by atoms with Crippen LogP contribution in [0, 0.1) is 6.92 Å². The zero-order chi connectivity index (χ0) is 12.4. The van der Waals surface area contributed by atoms with E-state index in [9.17, 15) is 4.79 Å². The smallest absolute Gasteiger partial charge is 0.240 e. The number of furan rings is 1. The van der Waals surface area contributed by atoms with Crippen molar-refractivity contribution in [3.05, 3.63) is 23.7 Å². The van der Waals surface area contributed by atoms with Gasteiger partial charge in [0, 0.05) is 6.04 Å². The topological polar surface area (TPSA) is 45.5 Å². The third kappa shape index (κ3) is 2.88. The summed E-state index contributed by atoms with van der Waals surface area (Å²) in [6, 6.07) is 4.16. The number of carbonyl (C=O) groups excluding carboxylic acids is 1. The number of rotatable bonds is 5. The van der Waals surface area contributed by atoms with E-state index in [4.69, 9.17) is 4.42 Å². The van der Waals surface area contributed by atoms with Gasteiger partial charge >= 0.3 is 0 Å². The third-order valence-corrected chi connectivity index (χ3v) is 3.20. The Morgan fingerprint density at radius 2 is 2.29 bits per heavy atom. The van der Waals surface area contributed by atoms with Gasteiger partial charge in [-0.25, -0.2) is 0 Å². The number of aryl methyl sites for hydroxylation is 1. The zero-order valence-corrected chi connectivity index (χ0v) is 10.7. The van der Waals surface area contributed by atoms with Crippen molar-refractivity contribution in [3.8, 4) is 0 Å². The van der Waals surface area contributed by atoms with Crippen LogP contribution < -0.4 is 5.32 Å². The molecule has 1 aliphatic rings. The van der Waals surface area contributed by atoms with Crippen molar-refractivity contribution < 1.29 is 9.21 Å². The molecule has 1 amide bonds. The van der Waals surface area contributed by atoms with Crippen LogP contribution in [0.15, 0.2) is 16.5 Å². The molecule has 17 heavy (non-hydrogen) atoms. The lowest BCUT2D eigenvalue weighted by atomic mass is 10.2. The Bertz CT molecular complexity index is 396. The molecule has 1 heterocycles. The number of hydrogen-bond acceptors (Lipinski definition) is 3. The molecule has 1 N–H and O–H groups in total. The van der Waals surface area contributed by atoms with Crippen molar-refractivity contribution in [3.63, 3.8) is 0 Å². The lowest BCUT2D eigenvalue weighted by Crippen LogP contribution is -2.44. The van der Waals surface area contributed by atoms with Crippen LogP contribution in [0.3, 0.4) is 0 Å². The first-order valence-corrected chi connectivity index (χ1v) is 6.15. The lowest BCUT2D eigenvalue weighted by molar-refractivity contribution is -0.134. The minimum Gasteiger partial charge on any atom is -0.464 e. The summed E-state index contributed by atoms with van der Waals surface area (Å²) in [6.07, 6.45) is 2.23. The summed E-state index contributed by atoms with van der Waals surface area (Å²) in [4.78, 5) is 14.1. The number of likely N-dealkylation sites (N-methyl/N-ethyl adjacent to an activating group) is 1. The van der Waals surface area contributed by atoms with Crippen molar-refractivity contribution in [2.45, 2.75) is 45.3 Å². The Kier molecular flexibility index (Phi) is 3.52. The number of amides is 1. The van der Waals surface area contributed by atoms with Crippen molar-refractivity contribution in [1.29, 1.82) is 0 Å². The maximum atomic E-state index is 12.2. The highest BCUT2D eigenvalue weighted by Crippen LogP contribution is 2.29. The zero-order valence-electron chi connectivity index (χ0n) is 10.7. The van der Waals surface area contributed by atoms with Crippen molar-refractivity contribution in [2.75, 3.05) is 7.05 Å². The summed E-state index contributed by atoms with van der Waals surface area (Å²) < 4.78 is 5.54. The van der Waals surface area contributed by atoms with Crippen LogP contribution in [0.1, 0.15) is 31.3 Å². The van der Waals surface area contributed by atoms with Crippen molar-refractivity contribution in [2.24, 2.45) is 0 Å². The van der Waals surface area contributed by atoms with Gasteiger partial charge in [0.1, 0.15) is 11.5 Å². The van der Waals surface area contributed by atoms with Gasteiger partial charge in [0.25, 0.3) is 0 Å². The van der Waals surface area contributed by atoms with E-state index in [1.165, 1.54) is 0 Å². The Balaban J connectivity index is 2.05. The molecule has 0 bridgehead atoms. The predicted molar refractivity (Wildman–Crippen MR) is 65.5 cm³/mol. The highest BCUT2D eigenvalue weighted by atomic mass is 16.3. The van der Waals surface area contributed by atoms with E-state index < -0.39 is 0 Å². The van der Waals surface area contributed by atoms with Crippen LogP contribution in [0.4, 0.5) is 0 Å². The second-order valence-electron chi connectivity index (χ2n) is 4.72. The second-order valence-corrected chi connectivity index (χ2v) is 4.72. The number of hydrogen-bond donors (Lipinski definition) is 1. The molecule has 0 saturated heterocycles. The predicted octanol–water partition coefficient (Wildman–Crippen LogP) is 1.69. The standard InChI is InChI=1S/C13H20N2O2/c1-9-4-7-12(17-9)8-15(11-5-6-11)13(16)10(2)14-3/h4,7,10-11,14H,5-6,8H2,1-3H3. The van der Waals surface area contributed by atoms with Crippen LogP contribution in [-0.4, -0.2) is 29.9 Å². The Morgan fingerprint density at radius 1 is 1.59 bits per heavy atom. The Hall–Kier alpha value is -1.29. The average Bonchev–Trinajstić information content (AvgIpc) is 3.08. The molecule has 4 heteroatoms. The van der Waals surface area contributed by atoms with Crippen LogP contribution >= 0.6 is 0 Å². The maximum absolute atomic E-state index is 12.2. The first-order chi connectivity index (χ1) is 8.11. The molecular weight excluding hydrogens is 216 g/mol. The summed E-state index contributed by atoms with van der Waals surface area (Å²) in [6.45, 7) is 4.40. The van der Waals surface area contributed by atoms with Crippen LogP contribution in [0.5, 0.6) is 0 Å². The molecule has 0 spiro atoms. The minimum absolute atomic E-state index is 0.133. The van der Waals surface area contributed by atoms with Gasteiger partial charge < -0.3 is 14.6 Å². The second kappa shape index (κ2) is 4.92. The molecule has 0 radical (unpaired) electrons. The summed E-state index contributed by atoms with van der Waals surface area (Å²) in [5.41, 5.74) is 0. The first kappa shape index (κ1) is 12.2. The van der Waals surface area contributed by atoms with E-state index in [0.29, 0.717) is 12.6 Å². The van der Waals surface area contributed by atoms with Crippen LogP contribution in [-0.2, 0) is 11.3 Å². The molecule has 4 nitrogen and oxygen atoms in total. The van der Waals surface area contributed by atoms with E-state index in [1.54, 1.807) is 0 Å². The molecule has 1 atom stereocenters. The molecular formula is C13H20N2O2. The first-order valence-electron chi connectivity index (χ1n) is 6.15. The number of nitrogens with one attached hydrogen (secondary N) is 1. The summed E-state index contributed by atoms with van der Waals surface area (Å²) in [5.74, 6) is 1.92. The quantitative estimate of drug-likeness (QED) is 0.846. The van der Waals surface area contributed by atoms with Gasteiger partial charge in [-0.3, -0.25) is 4.79 Å². The summed E-state index contributed by atoms with van der Waals surface area (Å²) >= 11 is 0. The fourth-order valence-corrected chi connectivity index (χ4v) is 1.88. The van der Waals surface area contributed by atoms with Gasteiger partial charge in [-0.1, -0.05) is 0 Å². The molecule has 1 unspecified atom stereocenters. The van der Waals surface area contributed by atoms with Crippen LogP contribution in [0.25, 0.3) is 0 Å². The third-order valence-electron chi connectivity index (χ3n) is 3.20. The number of carbonyl (C=O) groups is 1. The van der Waals surface area contributed by atoms with E-state index >= 15 is 0 Å². The highest BCUT2D eigenvalue weighted by Gasteiger charge is 2.34. The van der Waals surface area contributed by atoms with Gasteiger partial charge in [0.05, 0.1) is 12.6 Å². The molecule has 1 fully saturated rings. The molecule has 1 aromatic rings. The van der Waals surface area contributed by atoms with Gasteiger partial charge in [-0.2, -0.15) is 0 Å². The molecule has 94 valence electrons. The Labute approximate surface area is 102 Å². The molecule has 0 aromatic carbocycles. The van der Waals surface area contributed by atoms with Crippen LogP contribution in [0.2, 0.25) is 0 Å². The fraction of sp³-hybridized carbons (Fsp3) is 0.615. The SMILES string of the molecule is CNC(C)C(=O)N(Cc1ccc(C)o1)C1CC1. The highest BCUT2D eigenvalue weighted by molar-refractivity contribution is 5.82. The molecule has 2 rings (SSSR count). The number of nitrogens with zero attached hydrogens (tertiary/aromatic N) is 1. The maximum Gasteiger partial charge on any atom is 0.240 e. The monoisotopic (exact) mass is 236 g/mol. The molecule has 0 aliphatic heterocycles. The van der Waals surface area contributed by atoms with Crippen molar-refractivity contribution in [1.82, 2.24) is 10.2 Å². The molecule has 1 aromatic heterocycles. The summed E-state index contributed by atoms with van der Waals surface area (Å²) in [7, 11) is 1.81. The van der Waals surface area contributed by atoms with Gasteiger partial charge in [0.15, 0.2) is 0 Å². The molecule has 1 aliphatic carbocycles. The normalized spacial score (nSPS) is 16.9.